The van der Waals surface area contributed by atoms with Crippen molar-refractivity contribution in [2.75, 3.05) is 20.8 Å². The summed E-state index contributed by atoms with van der Waals surface area (Å²) in [7, 11) is 3.25. The zero-order valence-corrected chi connectivity index (χ0v) is 17.6. The SMILES string of the molecule is COc1cc2c(cc1OC)CN(C(=O)CC1C(C)NNC1c1ccc(F)cc1)CC2. The highest BCUT2D eigenvalue weighted by Gasteiger charge is 2.37. The number of carbonyl (C=O) groups excluding carboxylic acids is 1. The van der Waals surface area contributed by atoms with Gasteiger partial charge in [0.2, 0.25) is 5.91 Å². The molecule has 4 rings (SSSR count). The number of halogens is 1. The lowest BCUT2D eigenvalue weighted by Gasteiger charge is -2.31. The molecule has 0 aromatic heterocycles. The second-order valence-electron chi connectivity index (χ2n) is 8.02. The Morgan fingerprint density at radius 2 is 1.77 bits per heavy atom. The summed E-state index contributed by atoms with van der Waals surface area (Å²) in [5.74, 6) is 1.35. The second kappa shape index (κ2) is 8.62. The van der Waals surface area contributed by atoms with Crippen LogP contribution in [0.2, 0.25) is 0 Å². The number of nitrogens with one attached hydrogen (secondary N) is 2. The first-order valence-electron chi connectivity index (χ1n) is 10.3. The molecule has 0 radical (unpaired) electrons. The Labute approximate surface area is 176 Å². The maximum Gasteiger partial charge on any atom is 0.223 e. The normalized spacial score (nSPS) is 23.2. The molecule has 2 aliphatic heterocycles. The summed E-state index contributed by atoms with van der Waals surface area (Å²) in [5.41, 5.74) is 9.78. The van der Waals surface area contributed by atoms with Crippen molar-refractivity contribution in [3.8, 4) is 11.5 Å². The van der Waals surface area contributed by atoms with E-state index in [1.807, 2.05) is 17.0 Å². The molecular formula is C23H28FN3O3. The van der Waals surface area contributed by atoms with Crippen LogP contribution in [0.4, 0.5) is 4.39 Å². The van der Waals surface area contributed by atoms with Crippen LogP contribution in [0, 0.1) is 11.7 Å². The summed E-state index contributed by atoms with van der Waals surface area (Å²) in [4.78, 5) is 15.1. The van der Waals surface area contributed by atoms with Crippen LogP contribution in [0.25, 0.3) is 0 Å². The monoisotopic (exact) mass is 413 g/mol. The van der Waals surface area contributed by atoms with Crippen LogP contribution in [0.15, 0.2) is 36.4 Å². The Kier molecular flexibility index (Phi) is 5.92. The number of fused-ring (bicyclic) bond motifs is 1. The van der Waals surface area contributed by atoms with Crippen molar-refractivity contribution in [1.29, 1.82) is 0 Å². The number of hydrogen-bond donors (Lipinski definition) is 2. The Hall–Kier alpha value is -2.64. The molecule has 1 fully saturated rings. The number of ether oxygens (including phenoxy) is 2. The Morgan fingerprint density at radius 3 is 2.43 bits per heavy atom. The fraction of sp³-hybridized carbons (Fsp3) is 0.435. The van der Waals surface area contributed by atoms with Crippen LogP contribution in [0.5, 0.6) is 11.5 Å². The Morgan fingerprint density at radius 1 is 1.10 bits per heavy atom. The van der Waals surface area contributed by atoms with Gasteiger partial charge in [-0.1, -0.05) is 12.1 Å². The molecule has 0 spiro atoms. The highest BCUT2D eigenvalue weighted by atomic mass is 19.1. The zero-order chi connectivity index (χ0) is 21.3. The molecule has 3 unspecified atom stereocenters. The third-order valence-electron chi connectivity index (χ3n) is 6.25. The molecule has 2 heterocycles. The topological polar surface area (TPSA) is 62.8 Å². The standard InChI is InChI=1S/C23H28FN3O3/c1-14-19(23(26-25-14)15-4-6-18(24)7-5-15)12-22(28)27-9-8-16-10-20(29-2)21(30-3)11-17(16)13-27/h4-7,10-11,14,19,23,25-26H,8-9,12-13H2,1-3H3. The fourth-order valence-corrected chi connectivity index (χ4v) is 4.45. The first-order chi connectivity index (χ1) is 14.5. The van der Waals surface area contributed by atoms with Gasteiger partial charge in [-0.3, -0.25) is 10.2 Å². The molecule has 2 aromatic carbocycles. The molecule has 2 aliphatic rings. The number of rotatable bonds is 5. The van der Waals surface area contributed by atoms with Crippen molar-refractivity contribution < 1.29 is 18.7 Å². The van der Waals surface area contributed by atoms with Crippen molar-refractivity contribution in [2.24, 2.45) is 5.92 Å². The van der Waals surface area contributed by atoms with Crippen LogP contribution in [0.3, 0.4) is 0 Å². The number of amides is 1. The summed E-state index contributed by atoms with van der Waals surface area (Å²) >= 11 is 0. The quantitative estimate of drug-likeness (QED) is 0.789. The van der Waals surface area contributed by atoms with E-state index < -0.39 is 0 Å². The van der Waals surface area contributed by atoms with Gasteiger partial charge in [0.1, 0.15) is 5.82 Å². The fourth-order valence-electron chi connectivity index (χ4n) is 4.45. The molecule has 0 aliphatic carbocycles. The third kappa shape index (κ3) is 4.00. The van der Waals surface area contributed by atoms with Crippen molar-refractivity contribution >= 4 is 5.91 Å². The molecule has 30 heavy (non-hydrogen) atoms. The number of hydrazine groups is 1. The average Bonchev–Trinajstić information content (AvgIpc) is 3.12. The van der Waals surface area contributed by atoms with Gasteiger partial charge < -0.3 is 14.4 Å². The van der Waals surface area contributed by atoms with Gasteiger partial charge in [0.05, 0.1) is 20.3 Å². The molecule has 0 bridgehead atoms. The predicted molar refractivity (Wildman–Crippen MR) is 112 cm³/mol. The summed E-state index contributed by atoms with van der Waals surface area (Å²) in [6, 6.07) is 10.5. The van der Waals surface area contributed by atoms with E-state index in [0.29, 0.717) is 25.3 Å². The lowest BCUT2D eigenvalue weighted by atomic mass is 9.87. The van der Waals surface area contributed by atoms with Crippen LogP contribution < -0.4 is 20.3 Å². The molecule has 1 saturated heterocycles. The number of benzene rings is 2. The summed E-state index contributed by atoms with van der Waals surface area (Å²) in [6.45, 7) is 3.32. The van der Waals surface area contributed by atoms with Crippen molar-refractivity contribution in [2.45, 2.75) is 38.4 Å². The lowest BCUT2D eigenvalue weighted by molar-refractivity contribution is -0.133. The summed E-state index contributed by atoms with van der Waals surface area (Å²) in [6.07, 6.45) is 1.21. The van der Waals surface area contributed by atoms with Gasteiger partial charge in [-0.05, 0) is 54.3 Å². The van der Waals surface area contributed by atoms with Crippen LogP contribution >= 0.6 is 0 Å². The minimum Gasteiger partial charge on any atom is -0.493 e. The molecule has 7 heteroatoms. The molecule has 0 saturated carbocycles. The molecule has 2 N–H and O–H groups in total. The van der Waals surface area contributed by atoms with E-state index >= 15 is 0 Å². The average molecular weight is 413 g/mol. The molecule has 160 valence electrons. The van der Waals surface area contributed by atoms with E-state index in [1.165, 1.54) is 17.7 Å². The molecule has 6 nitrogen and oxygen atoms in total. The highest BCUT2D eigenvalue weighted by Crippen LogP contribution is 2.35. The summed E-state index contributed by atoms with van der Waals surface area (Å²) in [5, 5.41) is 0. The van der Waals surface area contributed by atoms with Gasteiger partial charge in [0.15, 0.2) is 11.5 Å². The van der Waals surface area contributed by atoms with Gasteiger partial charge in [0, 0.05) is 31.5 Å². The van der Waals surface area contributed by atoms with Crippen molar-refractivity contribution in [1.82, 2.24) is 15.8 Å². The predicted octanol–water partition coefficient (Wildman–Crippen LogP) is 2.97. The van der Waals surface area contributed by atoms with E-state index in [-0.39, 0.29) is 29.7 Å². The molecular weight excluding hydrogens is 385 g/mol. The maximum absolute atomic E-state index is 13.3. The first kappa shape index (κ1) is 20.6. The smallest absolute Gasteiger partial charge is 0.223 e. The molecule has 2 aromatic rings. The minimum atomic E-state index is -0.260. The Balaban J connectivity index is 1.48. The second-order valence-corrected chi connectivity index (χ2v) is 8.02. The van der Waals surface area contributed by atoms with Crippen molar-refractivity contribution in [3.05, 3.63) is 58.9 Å². The van der Waals surface area contributed by atoms with Crippen LogP contribution in [-0.4, -0.2) is 37.6 Å². The largest absolute Gasteiger partial charge is 0.493 e. The van der Waals surface area contributed by atoms with Gasteiger partial charge in [-0.25, -0.2) is 9.82 Å². The van der Waals surface area contributed by atoms with Crippen LogP contribution in [0.1, 0.15) is 36.1 Å². The zero-order valence-electron chi connectivity index (χ0n) is 17.6. The van der Waals surface area contributed by atoms with E-state index in [9.17, 15) is 9.18 Å². The van der Waals surface area contributed by atoms with E-state index in [2.05, 4.69) is 17.8 Å². The third-order valence-corrected chi connectivity index (χ3v) is 6.25. The number of hydrogen-bond acceptors (Lipinski definition) is 5. The van der Waals surface area contributed by atoms with Gasteiger partial charge in [-0.2, -0.15) is 0 Å². The first-order valence-corrected chi connectivity index (χ1v) is 10.3. The number of carbonyl (C=O) groups is 1. The van der Waals surface area contributed by atoms with E-state index in [4.69, 9.17) is 9.47 Å². The number of nitrogens with zero attached hydrogens (tertiary/aromatic N) is 1. The highest BCUT2D eigenvalue weighted by molar-refractivity contribution is 5.77. The van der Waals surface area contributed by atoms with E-state index in [1.54, 1.807) is 26.4 Å². The van der Waals surface area contributed by atoms with Gasteiger partial charge in [0.25, 0.3) is 0 Å². The number of methoxy groups -OCH3 is 2. The minimum absolute atomic E-state index is 0.0361. The lowest BCUT2D eigenvalue weighted by Crippen LogP contribution is -2.38. The van der Waals surface area contributed by atoms with Crippen LogP contribution in [-0.2, 0) is 17.8 Å². The molecule has 1 amide bonds. The molecule has 3 atom stereocenters. The Bertz CT molecular complexity index is 919. The van der Waals surface area contributed by atoms with Crippen molar-refractivity contribution in [3.63, 3.8) is 0 Å². The maximum atomic E-state index is 13.3. The summed E-state index contributed by atoms with van der Waals surface area (Å²) < 4.78 is 24.1. The van der Waals surface area contributed by atoms with E-state index in [0.717, 1.165) is 23.3 Å². The van der Waals surface area contributed by atoms with Gasteiger partial charge >= 0.3 is 0 Å². The van der Waals surface area contributed by atoms with Gasteiger partial charge in [-0.15, -0.1) is 0 Å².